The van der Waals surface area contributed by atoms with E-state index in [1.807, 2.05) is 24.3 Å². The molecule has 0 aromatic heterocycles. The number of carbonyl (C=O) groups is 2. The van der Waals surface area contributed by atoms with Crippen LogP contribution in [-0.4, -0.2) is 31.9 Å². The van der Waals surface area contributed by atoms with Crippen LogP contribution in [0.2, 0.25) is 5.02 Å². The number of hydrogen-bond donors (Lipinski definition) is 1. The number of Topliss-reactive ketones (excluding diaryl/α,β-unsaturated/α-hetero) is 1. The van der Waals surface area contributed by atoms with Crippen molar-refractivity contribution in [3.63, 3.8) is 0 Å². The third kappa shape index (κ3) is 5.97. The Balaban J connectivity index is 1.56. The molecule has 1 aliphatic heterocycles. The molecule has 0 aliphatic carbocycles. The number of benzene rings is 2. The second kappa shape index (κ2) is 9.79. The molecule has 1 saturated heterocycles. The van der Waals surface area contributed by atoms with E-state index in [1.165, 1.54) is 12.5 Å². The second-order valence-electron chi connectivity index (χ2n) is 7.58. The van der Waals surface area contributed by atoms with Crippen LogP contribution in [0.5, 0.6) is 5.75 Å². The number of hydrogen-bond acceptors (Lipinski definition) is 4. The quantitative estimate of drug-likeness (QED) is 0.665. The number of ketones is 1. The fraction of sp³-hybridized carbons (Fsp3) is 0.391. The lowest BCUT2D eigenvalue weighted by atomic mass is 9.90. The van der Waals surface area contributed by atoms with Gasteiger partial charge in [0, 0.05) is 18.8 Å². The predicted molar refractivity (Wildman–Crippen MR) is 117 cm³/mol. The van der Waals surface area contributed by atoms with Gasteiger partial charge in [-0.25, -0.2) is 0 Å². The monoisotopic (exact) mass is 414 g/mol. The van der Waals surface area contributed by atoms with Crippen LogP contribution in [-0.2, 0) is 16.0 Å². The maximum atomic E-state index is 11.8. The highest BCUT2D eigenvalue weighted by Crippen LogP contribution is 2.33. The van der Waals surface area contributed by atoms with E-state index in [4.69, 9.17) is 16.3 Å². The molecule has 154 valence electrons. The van der Waals surface area contributed by atoms with Crippen LogP contribution < -0.4 is 15.0 Å². The summed E-state index contributed by atoms with van der Waals surface area (Å²) in [5.41, 5.74) is 2.90. The average molecular weight is 415 g/mol. The molecule has 0 radical (unpaired) electrons. The fourth-order valence-corrected chi connectivity index (χ4v) is 4.08. The summed E-state index contributed by atoms with van der Waals surface area (Å²) in [5.74, 6) is 1.06. The van der Waals surface area contributed by atoms with Crippen molar-refractivity contribution in [2.24, 2.45) is 5.92 Å². The van der Waals surface area contributed by atoms with Gasteiger partial charge < -0.3 is 15.0 Å². The van der Waals surface area contributed by atoms with Gasteiger partial charge in [0.1, 0.15) is 11.5 Å². The van der Waals surface area contributed by atoms with Crippen LogP contribution in [0.4, 0.5) is 11.4 Å². The fourth-order valence-electron chi connectivity index (χ4n) is 3.78. The number of methoxy groups -OCH3 is 1. The molecule has 1 heterocycles. The number of rotatable bonds is 7. The average Bonchev–Trinajstić information content (AvgIpc) is 2.68. The van der Waals surface area contributed by atoms with Crippen molar-refractivity contribution < 1.29 is 14.3 Å². The lowest BCUT2D eigenvalue weighted by molar-refractivity contribution is -0.124. The number of piperidine rings is 1. The number of nitrogens with one attached hydrogen (secondary N) is 1. The second-order valence-corrected chi connectivity index (χ2v) is 7.99. The molecule has 2 aromatic carbocycles. The topological polar surface area (TPSA) is 58.6 Å². The van der Waals surface area contributed by atoms with E-state index in [2.05, 4.69) is 22.3 Å². The molecule has 1 aliphatic rings. The minimum absolute atomic E-state index is 0.125. The SMILES string of the molecule is COc1cccc(CC2CCN(c3ccc(NC(=O)CC(C)=O)cc3Cl)CC2)c1. The zero-order valence-corrected chi connectivity index (χ0v) is 17.7. The molecule has 1 amide bonds. The van der Waals surface area contributed by atoms with Crippen molar-refractivity contribution in [2.75, 3.05) is 30.4 Å². The zero-order valence-electron chi connectivity index (χ0n) is 16.9. The molecule has 0 spiro atoms. The highest BCUT2D eigenvalue weighted by Gasteiger charge is 2.21. The summed E-state index contributed by atoms with van der Waals surface area (Å²) in [6.45, 7) is 3.29. The largest absolute Gasteiger partial charge is 0.497 e. The molecule has 29 heavy (non-hydrogen) atoms. The summed E-state index contributed by atoms with van der Waals surface area (Å²) in [6.07, 6.45) is 3.13. The molecule has 1 fully saturated rings. The first kappa shape index (κ1) is 21.2. The molecule has 0 bridgehead atoms. The summed E-state index contributed by atoms with van der Waals surface area (Å²) in [7, 11) is 1.70. The van der Waals surface area contributed by atoms with Gasteiger partial charge >= 0.3 is 0 Å². The first-order valence-electron chi connectivity index (χ1n) is 9.91. The van der Waals surface area contributed by atoms with Gasteiger partial charge in [-0.15, -0.1) is 0 Å². The Morgan fingerprint density at radius 3 is 2.59 bits per heavy atom. The van der Waals surface area contributed by atoms with Gasteiger partial charge in [-0.1, -0.05) is 23.7 Å². The van der Waals surface area contributed by atoms with E-state index in [-0.39, 0.29) is 18.1 Å². The first-order chi connectivity index (χ1) is 13.9. The molecular weight excluding hydrogens is 388 g/mol. The summed E-state index contributed by atoms with van der Waals surface area (Å²) >= 11 is 6.48. The van der Waals surface area contributed by atoms with Gasteiger partial charge in [0.2, 0.25) is 5.91 Å². The van der Waals surface area contributed by atoms with E-state index >= 15 is 0 Å². The van der Waals surface area contributed by atoms with Crippen molar-refractivity contribution in [3.8, 4) is 5.75 Å². The molecule has 0 unspecified atom stereocenters. The van der Waals surface area contributed by atoms with E-state index in [0.29, 0.717) is 16.6 Å². The number of nitrogens with zero attached hydrogens (tertiary/aromatic N) is 1. The Morgan fingerprint density at radius 1 is 1.17 bits per heavy atom. The summed E-state index contributed by atoms with van der Waals surface area (Å²) in [6, 6.07) is 13.8. The van der Waals surface area contributed by atoms with Gasteiger partial charge in [0.05, 0.1) is 24.2 Å². The third-order valence-corrected chi connectivity index (χ3v) is 5.56. The number of anilines is 2. The maximum absolute atomic E-state index is 11.8. The smallest absolute Gasteiger partial charge is 0.231 e. The van der Waals surface area contributed by atoms with Gasteiger partial charge in [0.25, 0.3) is 0 Å². The minimum atomic E-state index is -0.320. The Kier molecular flexibility index (Phi) is 7.15. The van der Waals surface area contributed by atoms with Crippen molar-refractivity contribution in [1.29, 1.82) is 0 Å². The zero-order chi connectivity index (χ0) is 20.8. The van der Waals surface area contributed by atoms with Crippen LogP contribution in [0.15, 0.2) is 42.5 Å². The molecular formula is C23H27ClN2O3. The molecule has 1 N–H and O–H groups in total. The van der Waals surface area contributed by atoms with Gasteiger partial charge in [-0.05, 0) is 68.0 Å². The maximum Gasteiger partial charge on any atom is 0.231 e. The van der Waals surface area contributed by atoms with Gasteiger partial charge in [-0.3, -0.25) is 9.59 Å². The van der Waals surface area contributed by atoms with E-state index < -0.39 is 0 Å². The van der Waals surface area contributed by atoms with Gasteiger partial charge in [-0.2, -0.15) is 0 Å². The normalized spacial score (nSPS) is 14.5. The lowest BCUT2D eigenvalue weighted by Gasteiger charge is -2.34. The third-order valence-electron chi connectivity index (χ3n) is 5.25. The van der Waals surface area contributed by atoms with Crippen molar-refractivity contribution in [1.82, 2.24) is 0 Å². The molecule has 0 saturated carbocycles. The van der Waals surface area contributed by atoms with Crippen LogP contribution in [0.25, 0.3) is 0 Å². The van der Waals surface area contributed by atoms with E-state index in [0.717, 1.165) is 43.8 Å². The minimum Gasteiger partial charge on any atom is -0.497 e. The highest BCUT2D eigenvalue weighted by atomic mass is 35.5. The number of carbonyl (C=O) groups excluding carboxylic acids is 2. The number of halogens is 1. The Hall–Kier alpha value is -2.53. The Morgan fingerprint density at radius 2 is 1.93 bits per heavy atom. The van der Waals surface area contributed by atoms with Crippen LogP contribution in [0.1, 0.15) is 31.7 Å². The van der Waals surface area contributed by atoms with Crippen molar-refractivity contribution >= 4 is 34.7 Å². The summed E-state index contributed by atoms with van der Waals surface area (Å²) in [4.78, 5) is 25.1. The van der Waals surface area contributed by atoms with Crippen LogP contribution >= 0.6 is 11.6 Å². The highest BCUT2D eigenvalue weighted by molar-refractivity contribution is 6.33. The van der Waals surface area contributed by atoms with Crippen molar-refractivity contribution in [2.45, 2.75) is 32.6 Å². The lowest BCUT2D eigenvalue weighted by Crippen LogP contribution is -2.34. The van der Waals surface area contributed by atoms with Crippen LogP contribution in [0, 0.1) is 5.92 Å². The summed E-state index contributed by atoms with van der Waals surface area (Å²) < 4.78 is 5.32. The summed E-state index contributed by atoms with van der Waals surface area (Å²) in [5, 5.41) is 3.32. The Labute approximate surface area is 177 Å². The molecule has 3 rings (SSSR count). The Bertz CT molecular complexity index is 876. The van der Waals surface area contributed by atoms with Gasteiger partial charge in [0.15, 0.2) is 0 Å². The molecule has 5 nitrogen and oxygen atoms in total. The molecule has 0 atom stereocenters. The van der Waals surface area contributed by atoms with Crippen molar-refractivity contribution in [3.05, 3.63) is 53.1 Å². The van der Waals surface area contributed by atoms with E-state index in [1.54, 1.807) is 13.2 Å². The molecule has 6 heteroatoms. The number of amides is 1. The van der Waals surface area contributed by atoms with E-state index in [9.17, 15) is 9.59 Å². The van der Waals surface area contributed by atoms with Crippen LogP contribution in [0.3, 0.4) is 0 Å². The standard InChI is InChI=1S/C23H27ClN2O3/c1-16(27)12-23(28)25-19-6-7-22(21(24)15-19)26-10-8-17(9-11-26)13-18-4-3-5-20(14-18)29-2/h3-7,14-15,17H,8-13H2,1-2H3,(H,25,28). The first-order valence-corrected chi connectivity index (χ1v) is 10.3. The number of ether oxygens (including phenoxy) is 1. The molecule has 2 aromatic rings. The predicted octanol–water partition coefficient (Wildman–Crippen LogP) is 4.73.